The van der Waals surface area contributed by atoms with E-state index in [1.54, 1.807) is 41.3 Å². The predicted molar refractivity (Wildman–Crippen MR) is 142 cm³/mol. The highest BCUT2D eigenvalue weighted by atomic mass is 16.5. The van der Waals surface area contributed by atoms with Crippen molar-refractivity contribution in [1.29, 1.82) is 5.26 Å². The lowest BCUT2D eigenvalue weighted by Gasteiger charge is -2.29. The van der Waals surface area contributed by atoms with E-state index in [1.165, 1.54) is 6.20 Å². The first kappa shape index (κ1) is 24.4. The third-order valence-corrected chi connectivity index (χ3v) is 6.50. The van der Waals surface area contributed by atoms with Crippen molar-refractivity contribution in [2.45, 2.75) is 25.5 Å². The van der Waals surface area contributed by atoms with Crippen LogP contribution in [0.2, 0.25) is 0 Å². The fourth-order valence-electron chi connectivity index (χ4n) is 4.45. The van der Waals surface area contributed by atoms with E-state index in [0.717, 1.165) is 37.1 Å². The second-order valence-electron chi connectivity index (χ2n) is 9.41. The van der Waals surface area contributed by atoms with E-state index in [1.807, 2.05) is 24.3 Å². The molecule has 194 valence electrons. The van der Waals surface area contributed by atoms with Crippen LogP contribution < -0.4 is 9.47 Å². The van der Waals surface area contributed by atoms with Gasteiger partial charge in [0.05, 0.1) is 36.8 Å². The van der Waals surface area contributed by atoms with E-state index in [9.17, 15) is 0 Å². The fraction of sp³-hybridized carbons (Fsp3) is 0.250. The zero-order valence-corrected chi connectivity index (χ0v) is 21.3. The van der Waals surface area contributed by atoms with Crippen molar-refractivity contribution in [2.75, 3.05) is 20.1 Å². The van der Waals surface area contributed by atoms with Crippen molar-refractivity contribution < 1.29 is 9.47 Å². The number of hydrogen-bond acceptors (Lipinski definition) is 10. The van der Waals surface area contributed by atoms with Gasteiger partial charge in [-0.05, 0) is 49.7 Å². The largest absolute Gasteiger partial charge is 0.487 e. The average molecular weight is 520 g/mol. The Morgan fingerprint density at radius 2 is 1.79 bits per heavy atom. The van der Waals surface area contributed by atoms with Crippen LogP contribution in [0.25, 0.3) is 22.7 Å². The van der Waals surface area contributed by atoms with Crippen LogP contribution in [0, 0.1) is 11.3 Å². The fourth-order valence-corrected chi connectivity index (χ4v) is 4.45. The minimum atomic E-state index is 0.202. The maximum Gasteiger partial charge on any atom is 0.240 e. The van der Waals surface area contributed by atoms with E-state index in [4.69, 9.17) is 14.7 Å². The quantitative estimate of drug-likeness (QED) is 0.313. The molecule has 0 atom stereocenters. The Morgan fingerprint density at radius 1 is 0.974 bits per heavy atom. The lowest BCUT2D eigenvalue weighted by molar-refractivity contribution is 0.113. The molecule has 11 nitrogen and oxygen atoms in total. The molecule has 11 heteroatoms. The zero-order chi connectivity index (χ0) is 26.6. The summed E-state index contributed by atoms with van der Waals surface area (Å²) in [6, 6.07) is 16.9. The predicted octanol–water partition coefficient (Wildman–Crippen LogP) is 3.86. The molecular weight excluding hydrogens is 494 g/mol. The Labute approximate surface area is 224 Å². The van der Waals surface area contributed by atoms with Crippen molar-refractivity contribution in [3.8, 4) is 34.8 Å². The Kier molecular flexibility index (Phi) is 6.76. The number of nitrogens with zero attached hydrogens (tertiary/aromatic N) is 9. The molecule has 0 aliphatic carbocycles. The first-order valence-electron chi connectivity index (χ1n) is 12.6. The third-order valence-electron chi connectivity index (χ3n) is 6.50. The van der Waals surface area contributed by atoms with Gasteiger partial charge in [-0.15, -0.1) is 5.10 Å². The van der Waals surface area contributed by atoms with Crippen LogP contribution in [-0.2, 0) is 6.54 Å². The highest BCUT2D eigenvalue weighted by Gasteiger charge is 2.18. The molecule has 0 radical (unpaired) electrons. The van der Waals surface area contributed by atoms with Crippen molar-refractivity contribution in [1.82, 2.24) is 39.8 Å². The summed E-state index contributed by atoms with van der Waals surface area (Å²) in [5.74, 6) is 2.09. The van der Waals surface area contributed by atoms with Crippen molar-refractivity contribution >= 4 is 11.3 Å². The molecule has 0 unspecified atom stereocenters. The molecule has 1 fully saturated rings. The summed E-state index contributed by atoms with van der Waals surface area (Å²) in [6.45, 7) is 2.49. The Morgan fingerprint density at radius 3 is 2.62 bits per heavy atom. The van der Waals surface area contributed by atoms with E-state index in [2.05, 4.69) is 48.3 Å². The van der Waals surface area contributed by atoms with Crippen LogP contribution in [0.3, 0.4) is 0 Å². The molecule has 4 heterocycles. The molecule has 3 aromatic heterocycles. The number of nitriles is 1. The number of aromatic nitrogens is 7. The highest BCUT2D eigenvalue weighted by molar-refractivity contribution is 5.65. The van der Waals surface area contributed by atoms with Crippen LogP contribution in [0.5, 0.6) is 17.4 Å². The highest BCUT2D eigenvalue weighted by Crippen LogP contribution is 2.23. The van der Waals surface area contributed by atoms with Crippen LogP contribution in [0.15, 0.2) is 67.1 Å². The topological polar surface area (TPSA) is 128 Å². The van der Waals surface area contributed by atoms with Crippen LogP contribution in [0.4, 0.5) is 0 Å². The van der Waals surface area contributed by atoms with Gasteiger partial charge in [-0.3, -0.25) is 0 Å². The van der Waals surface area contributed by atoms with Crippen molar-refractivity contribution in [3.05, 3.63) is 78.2 Å². The summed E-state index contributed by atoms with van der Waals surface area (Å²) >= 11 is 0. The molecule has 1 aliphatic heterocycles. The number of benzene rings is 2. The second-order valence-corrected chi connectivity index (χ2v) is 9.41. The number of hydrogen-bond donors (Lipinski definition) is 0. The number of piperidine rings is 1. The van der Waals surface area contributed by atoms with Gasteiger partial charge >= 0.3 is 0 Å². The molecule has 1 saturated heterocycles. The minimum absolute atomic E-state index is 0.202. The molecule has 39 heavy (non-hydrogen) atoms. The number of likely N-dealkylation sites (tertiary alicyclic amines) is 1. The van der Waals surface area contributed by atoms with Crippen molar-refractivity contribution in [2.24, 2.45) is 0 Å². The summed E-state index contributed by atoms with van der Waals surface area (Å²) in [5.41, 5.74) is 3.25. The molecule has 2 aromatic carbocycles. The lowest BCUT2D eigenvalue weighted by atomic mass is 10.1. The molecule has 6 rings (SSSR count). The van der Waals surface area contributed by atoms with Gasteiger partial charge < -0.3 is 14.4 Å². The summed E-state index contributed by atoms with van der Waals surface area (Å²) in [4.78, 5) is 20.3. The first-order valence-corrected chi connectivity index (χ1v) is 12.6. The van der Waals surface area contributed by atoms with E-state index in [-0.39, 0.29) is 12.0 Å². The minimum Gasteiger partial charge on any atom is -0.487 e. The lowest BCUT2D eigenvalue weighted by Crippen LogP contribution is -2.35. The number of ether oxygens (including phenoxy) is 2. The molecular formula is C28H25N9O2. The van der Waals surface area contributed by atoms with E-state index >= 15 is 0 Å². The van der Waals surface area contributed by atoms with Crippen LogP contribution >= 0.6 is 0 Å². The van der Waals surface area contributed by atoms with Gasteiger partial charge in [0.2, 0.25) is 17.2 Å². The van der Waals surface area contributed by atoms with E-state index in [0.29, 0.717) is 40.7 Å². The molecule has 0 bridgehead atoms. The van der Waals surface area contributed by atoms with Crippen LogP contribution in [0.1, 0.15) is 24.0 Å². The third kappa shape index (κ3) is 5.66. The Hall–Kier alpha value is -4.95. The molecule has 5 aromatic rings. The van der Waals surface area contributed by atoms with Gasteiger partial charge in [-0.2, -0.15) is 10.2 Å². The SMILES string of the molecule is CN1CCC(Oc2cnc(-c3cccc(Cn4nnc5ncc(Oc6cccc(C#N)c6)nc54)c3)nc2)CC1. The van der Waals surface area contributed by atoms with Gasteiger partial charge in [-0.25, -0.2) is 19.6 Å². The summed E-state index contributed by atoms with van der Waals surface area (Å²) in [6.07, 6.45) is 7.17. The average Bonchev–Trinajstić information content (AvgIpc) is 3.36. The Balaban J connectivity index is 1.17. The van der Waals surface area contributed by atoms with Gasteiger partial charge in [0.25, 0.3) is 0 Å². The molecule has 1 aliphatic rings. The van der Waals surface area contributed by atoms with Crippen molar-refractivity contribution in [3.63, 3.8) is 0 Å². The molecule has 0 N–H and O–H groups in total. The second kappa shape index (κ2) is 10.8. The molecule has 0 spiro atoms. The maximum atomic E-state index is 9.12. The normalized spacial score (nSPS) is 14.3. The van der Waals surface area contributed by atoms with Crippen LogP contribution in [-0.4, -0.2) is 66.1 Å². The zero-order valence-electron chi connectivity index (χ0n) is 21.3. The number of rotatable bonds is 7. The smallest absolute Gasteiger partial charge is 0.240 e. The monoisotopic (exact) mass is 519 g/mol. The first-order chi connectivity index (χ1) is 19.1. The molecule has 0 amide bonds. The maximum absolute atomic E-state index is 9.12. The van der Waals surface area contributed by atoms with Gasteiger partial charge in [0, 0.05) is 18.7 Å². The van der Waals surface area contributed by atoms with Gasteiger partial charge in [0.15, 0.2) is 11.6 Å². The van der Waals surface area contributed by atoms with E-state index < -0.39 is 0 Å². The number of fused-ring (bicyclic) bond motifs is 1. The Bertz CT molecular complexity index is 1640. The van der Waals surface area contributed by atoms with Gasteiger partial charge in [0.1, 0.15) is 11.9 Å². The van der Waals surface area contributed by atoms with Gasteiger partial charge in [-0.1, -0.05) is 29.5 Å². The standard InChI is InChI=1S/C28H25N9O2/c1-36-10-8-22(9-11-36)38-24-15-30-26(31-16-24)21-6-2-5-20(12-21)18-37-28-27(34-35-37)32-17-25(33-28)39-23-7-3-4-19(13-23)14-29/h2-7,12-13,15-17,22H,8-11,18H2,1H3. The summed E-state index contributed by atoms with van der Waals surface area (Å²) in [5, 5.41) is 17.5. The summed E-state index contributed by atoms with van der Waals surface area (Å²) in [7, 11) is 2.13. The summed E-state index contributed by atoms with van der Waals surface area (Å²) < 4.78 is 13.6. The molecule has 0 saturated carbocycles.